The van der Waals surface area contributed by atoms with Crippen molar-refractivity contribution in [1.82, 2.24) is 5.32 Å². The number of amides is 1. The highest BCUT2D eigenvalue weighted by Crippen LogP contribution is 2.42. The number of carbonyl (C=O) groups excluding carboxylic acids is 1. The Morgan fingerprint density at radius 1 is 1.40 bits per heavy atom. The third-order valence-electron chi connectivity index (χ3n) is 3.22. The van der Waals surface area contributed by atoms with E-state index in [1.807, 2.05) is 30.3 Å². The number of benzene rings is 1. The molecule has 2 aromatic rings. The lowest BCUT2D eigenvalue weighted by Gasteiger charge is -2.16. The summed E-state index contributed by atoms with van der Waals surface area (Å²) in [6.07, 6.45) is 0. The highest BCUT2D eigenvalue weighted by atomic mass is 32.1. The zero-order valence-corrected chi connectivity index (χ0v) is 12.4. The Hall–Kier alpha value is -1.81. The van der Waals surface area contributed by atoms with Gasteiger partial charge in [0.1, 0.15) is 12.4 Å². The first kappa shape index (κ1) is 13.2. The molecule has 0 fully saturated rings. The maximum Gasteiger partial charge on any atom is 0.261 e. The van der Waals surface area contributed by atoms with E-state index in [1.165, 1.54) is 0 Å². The number of ether oxygens (including phenoxy) is 1. The van der Waals surface area contributed by atoms with Crippen molar-refractivity contribution in [3.63, 3.8) is 0 Å². The van der Waals surface area contributed by atoms with Gasteiger partial charge in [-0.05, 0) is 24.1 Å². The molecule has 20 heavy (non-hydrogen) atoms. The summed E-state index contributed by atoms with van der Waals surface area (Å²) in [4.78, 5) is 14.1. The molecular weight excluding hydrogens is 270 g/mol. The van der Waals surface area contributed by atoms with Gasteiger partial charge < -0.3 is 10.1 Å². The minimum Gasteiger partial charge on any atom is -0.488 e. The zero-order chi connectivity index (χ0) is 14.1. The average Bonchev–Trinajstić information content (AvgIpc) is 2.89. The number of thiophene rings is 1. The first-order valence-electron chi connectivity index (χ1n) is 6.78. The Morgan fingerprint density at radius 3 is 3.00 bits per heavy atom. The molecular formula is C16H17NO2S. The molecule has 0 aliphatic carbocycles. The molecule has 2 heterocycles. The van der Waals surface area contributed by atoms with Gasteiger partial charge in [-0.15, -0.1) is 11.3 Å². The van der Waals surface area contributed by atoms with Crippen LogP contribution in [0.3, 0.4) is 0 Å². The van der Waals surface area contributed by atoms with E-state index < -0.39 is 0 Å². The molecule has 104 valence electrons. The maximum atomic E-state index is 12.1. The number of carbonyl (C=O) groups is 1. The van der Waals surface area contributed by atoms with E-state index in [-0.39, 0.29) is 5.91 Å². The fourth-order valence-corrected chi connectivity index (χ4v) is 3.31. The molecule has 0 saturated heterocycles. The molecule has 1 aromatic heterocycles. The highest BCUT2D eigenvalue weighted by Gasteiger charge is 2.22. The van der Waals surface area contributed by atoms with Crippen LogP contribution in [0.25, 0.3) is 10.4 Å². The van der Waals surface area contributed by atoms with Crippen LogP contribution < -0.4 is 10.1 Å². The topological polar surface area (TPSA) is 38.3 Å². The van der Waals surface area contributed by atoms with Gasteiger partial charge >= 0.3 is 0 Å². The van der Waals surface area contributed by atoms with Crippen molar-refractivity contribution < 1.29 is 9.53 Å². The van der Waals surface area contributed by atoms with Crippen molar-refractivity contribution in [3.8, 4) is 16.2 Å². The maximum absolute atomic E-state index is 12.1. The van der Waals surface area contributed by atoms with Crippen LogP contribution in [-0.2, 0) is 6.61 Å². The summed E-state index contributed by atoms with van der Waals surface area (Å²) in [7, 11) is 0. The van der Waals surface area contributed by atoms with E-state index in [0.717, 1.165) is 26.6 Å². The molecule has 1 amide bonds. The van der Waals surface area contributed by atoms with Crippen molar-refractivity contribution in [2.24, 2.45) is 5.92 Å². The van der Waals surface area contributed by atoms with Gasteiger partial charge in [-0.1, -0.05) is 26.0 Å². The summed E-state index contributed by atoms with van der Waals surface area (Å²) >= 11 is 1.55. The minimum atomic E-state index is 0.00980. The van der Waals surface area contributed by atoms with E-state index in [2.05, 4.69) is 19.2 Å². The number of nitrogens with one attached hydrogen (secondary N) is 1. The molecule has 0 spiro atoms. The molecule has 0 atom stereocenters. The van der Waals surface area contributed by atoms with Crippen LogP contribution >= 0.6 is 11.3 Å². The first-order valence-corrected chi connectivity index (χ1v) is 7.60. The van der Waals surface area contributed by atoms with E-state index >= 15 is 0 Å². The SMILES string of the molecule is CC(C)CNC(=O)c1cc2c(s1)-c1ccccc1OC2. The van der Waals surface area contributed by atoms with Crippen LogP contribution in [0.5, 0.6) is 5.75 Å². The van der Waals surface area contributed by atoms with Crippen LogP contribution in [0.15, 0.2) is 30.3 Å². The fraction of sp³-hybridized carbons (Fsp3) is 0.312. The molecule has 1 aromatic carbocycles. The fourth-order valence-electron chi connectivity index (χ4n) is 2.20. The summed E-state index contributed by atoms with van der Waals surface area (Å²) in [5.74, 6) is 1.36. The third-order valence-corrected chi connectivity index (χ3v) is 4.43. The van der Waals surface area contributed by atoms with Crippen molar-refractivity contribution in [2.75, 3.05) is 6.54 Å². The van der Waals surface area contributed by atoms with Crippen LogP contribution in [0.2, 0.25) is 0 Å². The molecule has 0 bridgehead atoms. The first-order chi connectivity index (χ1) is 9.65. The third kappa shape index (κ3) is 2.43. The van der Waals surface area contributed by atoms with Gasteiger partial charge in [0.2, 0.25) is 0 Å². The monoisotopic (exact) mass is 287 g/mol. The van der Waals surface area contributed by atoms with Gasteiger partial charge in [0.05, 0.1) is 4.88 Å². The van der Waals surface area contributed by atoms with Gasteiger partial charge in [-0.2, -0.15) is 0 Å². The molecule has 1 aliphatic heterocycles. The smallest absolute Gasteiger partial charge is 0.261 e. The number of fused-ring (bicyclic) bond motifs is 3. The van der Waals surface area contributed by atoms with Gasteiger partial charge in [0.15, 0.2) is 0 Å². The molecule has 3 nitrogen and oxygen atoms in total. The predicted molar refractivity (Wildman–Crippen MR) is 81.3 cm³/mol. The number of hydrogen-bond donors (Lipinski definition) is 1. The van der Waals surface area contributed by atoms with E-state index in [9.17, 15) is 4.79 Å². The number of rotatable bonds is 3. The second-order valence-corrected chi connectivity index (χ2v) is 6.41. The normalized spacial score (nSPS) is 12.6. The second-order valence-electron chi connectivity index (χ2n) is 5.35. The quantitative estimate of drug-likeness (QED) is 0.935. The minimum absolute atomic E-state index is 0.00980. The molecule has 0 radical (unpaired) electrons. The second kappa shape index (κ2) is 5.29. The van der Waals surface area contributed by atoms with Gasteiger partial charge in [-0.3, -0.25) is 4.79 Å². The van der Waals surface area contributed by atoms with Gasteiger partial charge in [0.25, 0.3) is 5.91 Å². The predicted octanol–water partition coefficient (Wildman–Crippen LogP) is 3.69. The van der Waals surface area contributed by atoms with Gasteiger partial charge in [0, 0.05) is 22.5 Å². The lowest BCUT2D eigenvalue weighted by atomic mass is 10.1. The molecule has 3 rings (SSSR count). The highest BCUT2D eigenvalue weighted by molar-refractivity contribution is 7.17. The van der Waals surface area contributed by atoms with Crippen LogP contribution in [0.4, 0.5) is 0 Å². The largest absolute Gasteiger partial charge is 0.488 e. The average molecular weight is 287 g/mol. The molecule has 0 saturated carbocycles. The summed E-state index contributed by atoms with van der Waals surface area (Å²) in [5.41, 5.74) is 2.19. The molecule has 1 aliphatic rings. The van der Waals surface area contributed by atoms with Crippen molar-refractivity contribution in [1.29, 1.82) is 0 Å². The summed E-state index contributed by atoms with van der Waals surface area (Å²) in [6, 6.07) is 9.92. The van der Waals surface area contributed by atoms with Crippen molar-refractivity contribution in [3.05, 3.63) is 40.8 Å². The van der Waals surface area contributed by atoms with Crippen LogP contribution in [0.1, 0.15) is 29.1 Å². The van der Waals surface area contributed by atoms with Crippen molar-refractivity contribution >= 4 is 17.2 Å². The van der Waals surface area contributed by atoms with E-state index in [0.29, 0.717) is 19.1 Å². The summed E-state index contributed by atoms with van der Waals surface area (Å²) < 4.78 is 5.72. The molecule has 4 heteroatoms. The Kier molecular flexibility index (Phi) is 3.49. The Bertz CT molecular complexity index is 646. The summed E-state index contributed by atoms with van der Waals surface area (Å²) in [5, 5.41) is 2.96. The molecule has 1 N–H and O–H groups in total. The Labute approximate surface area is 122 Å². The number of para-hydroxylation sites is 1. The lowest BCUT2D eigenvalue weighted by Crippen LogP contribution is -2.26. The van der Waals surface area contributed by atoms with Crippen LogP contribution in [0, 0.1) is 5.92 Å². The van der Waals surface area contributed by atoms with E-state index in [1.54, 1.807) is 11.3 Å². The Morgan fingerprint density at radius 2 is 2.20 bits per heavy atom. The van der Waals surface area contributed by atoms with E-state index in [4.69, 9.17) is 4.74 Å². The lowest BCUT2D eigenvalue weighted by molar-refractivity contribution is 0.0953. The van der Waals surface area contributed by atoms with Crippen molar-refractivity contribution in [2.45, 2.75) is 20.5 Å². The summed E-state index contributed by atoms with van der Waals surface area (Å²) in [6.45, 7) is 5.42. The number of hydrogen-bond acceptors (Lipinski definition) is 3. The van der Waals surface area contributed by atoms with Gasteiger partial charge in [-0.25, -0.2) is 0 Å². The Balaban J connectivity index is 1.89. The zero-order valence-electron chi connectivity index (χ0n) is 11.6. The molecule has 0 unspecified atom stereocenters. The standard InChI is InChI=1S/C16H17NO2S/c1-10(2)8-17-16(18)14-7-11-9-19-13-6-4-3-5-12(13)15(11)20-14/h3-7,10H,8-9H2,1-2H3,(H,17,18). The van der Waals surface area contributed by atoms with Crippen LogP contribution in [-0.4, -0.2) is 12.5 Å².